The molecule has 0 spiro atoms. The molecular formula is C14H15N5OS. The van der Waals surface area contributed by atoms with Crippen molar-refractivity contribution in [3.63, 3.8) is 0 Å². The number of nitrogens with zero attached hydrogens (tertiary/aromatic N) is 4. The number of aromatic nitrogens is 4. The number of aryl methyl sites for hydroxylation is 1. The smallest absolute Gasteiger partial charge is 0.222 e. The van der Waals surface area contributed by atoms with Gasteiger partial charge in [0.05, 0.1) is 6.54 Å². The predicted octanol–water partition coefficient (Wildman–Crippen LogP) is 1.84. The van der Waals surface area contributed by atoms with Gasteiger partial charge in [-0.25, -0.2) is 4.98 Å². The van der Waals surface area contributed by atoms with Crippen LogP contribution in [-0.4, -0.2) is 25.2 Å². The van der Waals surface area contributed by atoms with Crippen LogP contribution in [0.15, 0.2) is 48.6 Å². The molecule has 1 amide bonds. The summed E-state index contributed by atoms with van der Waals surface area (Å²) in [7, 11) is 0. The van der Waals surface area contributed by atoms with Crippen LogP contribution in [0.4, 0.5) is 0 Å². The minimum absolute atomic E-state index is 0.00940. The number of carbonyl (C=O) groups is 1. The van der Waals surface area contributed by atoms with Gasteiger partial charge in [0.1, 0.15) is 17.7 Å². The van der Waals surface area contributed by atoms with E-state index < -0.39 is 0 Å². The fraction of sp³-hybridized carbons (Fsp3) is 0.214. The van der Waals surface area contributed by atoms with Gasteiger partial charge in [-0.1, -0.05) is 0 Å². The highest BCUT2D eigenvalue weighted by molar-refractivity contribution is 7.12. The summed E-state index contributed by atoms with van der Waals surface area (Å²) in [5, 5.41) is 10.1. The largest absolute Gasteiger partial charge is 0.352 e. The highest BCUT2D eigenvalue weighted by Crippen LogP contribution is 2.21. The van der Waals surface area contributed by atoms with Crippen molar-refractivity contribution in [2.75, 3.05) is 0 Å². The molecule has 3 aromatic heterocycles. The van der Waals surface area contributed by atoms with Gasteiger partial charge >= 0.3 is 0 Å². The van der Waals surface area contributed by atoms with E-state index in [1.807, 2.05) is 36.0 Å². The standard InChI is InChI=1S/C14H15N5OS/c20-13(3-7-19-11-15-10-17-19)16-9-12-4-8-21-14(12)18-5-1-2-6-18/h1-2,4-6,8,10-11H,3,7,9H2,(H,16,20). The molecule has 0 radical (unpaired) electrons. The van der Waals surface area contributed by atoms with Crippen molar-refractivity contribution in [2.45, 2.75) is 19.5 Å². The molecule has 108 valence electrons. The molecule has 0 aliphatic carbocycles. The zero-order chi connectivity index (χ0) is 14.5. The third-order valence-corrected chi connectivity index (χ3v) is 4.04. The number of hydrogen-bond acceptors (Lipinski definition) is 4. The van der Waals surface area contributed by atoms with E-state index in [0.717, 1.165) is 10.6 Å². The molecule has 3 aromatic rings. The third-order valence-electron chi connectivity index (χ3n) is 3.07. The first-order valence-corrected chi connectivity index (χ1v) is 7.50. The van der Waals surface area contributed by atoms with Gasteiger partial charge in [-0.15, -0.1) is 11.3 Å². The first-order chi connectivity index (χ1) is 10.3. The second-order valence-electron chi connectivity index (χ2n) is 4.53. The van der Waals surface area contributed by atoms with Crippen LogP contribution in [0.1, 0.15) is 12.0 Å². The van der Waals surface area contributed by atoms with Crippen molar-refractivity contribution >= 4 is 17.2 Å². The van der Waals surface area contributed by atoms with Gasteiger partial charge < -0.3 is 9.88 Å². The van der Waals surface area contributed by atoms with Crippen LogP contribution in [0.3, 0.4) is 0 Å². The number of nitrogens with one attached hydrogen (secondary N) is 1. The molecule has 6 nitrogen and oxygen atoms in total. The summed E-state index contributed by atoms with van der Waals surface area (Å²) >= 11 is 1.66. The van der Waals surface area contributed by atoms with E-state index in [4.69, 9.17) is 0 Å². The van der Waals surface area contributed by atoms with E-state index in [-0.39, 0.29) is 5.91 Å². The van der Waals surface area contributed by atoms with Gasteiger partial charge in [0.25, 0.3) is 0 Å². The Kier molecular flexibility index (Phi) is 4.11. The quantitative estimate of drug-likeness (QED) is 0.755. The number of carbonyl (C=O) groups excluding carboxylic acids is 1. The molecule has 0 unspecified atom stereocenters. The molecule has 0 atom stereocenters. The Morgan fingerprint density at radius 1 is 1.33 bits per heavy atom. The fourth-order valence-corrected chi connectivity index (χ4v) is 2.90. The molecule has 0 fully saturated rings. The van der Waals surface area contributed by atoms with Crippen molar-refractivity contribution in [3.05, 3.63) is 54.2 Å². The molecule has 7 heteroatoms. The first kappa shape index (κ1) is 13.6. The second kappa shape index (κ2) is 6.36. The second-order valence-corrected chi connectivity index (χ2v) is 5.42. The first-order valence-electron chi connectivity index (χ1n) is 6.62. The van der Waals surface area contributed by atoms with E-state index in [0.29, 0.717) is 19.5 Å². The topological polar surface area (TPSA) is 64.7 Å². The summed E-state index contributed by atoms with van der Waals surface area (Å²) in [5.41, 5.74) is 1.12. The lowest BCUT2D eigenvalue weighted by atomic mass is 10.3. The van der Waals surface area contributed by atoms with Crippen LogP contribution in [0.5, 0.6) is 0 Å². The number of thiophene rings is 1. The Hall–Kier alpha value is -2.41. The van der Waals surface area contributed by atoms with Gasteiger partial charge in [0.15, 0.2) is 0 Å². The van der Waals surface area contributed by atoms with Gasteiger partial charge in [-0.05, 0) is 23.6 Å². The lowest BCUT2D eigenvalue weighted by molar-refractivity contribution is -0.121. The van der Waals surface area contributed by atoms with Crippen molar-refractivity contribution < 1.29 is 4.79 Å². The van der Waals surface area contributed by atoms with E-state index in [1.54, 1.807) is 22.3 Å². The van der Waals surface area contributed by atoms with Crippen molar-refractivity contribution in [2.24, 2.45) is 0 Å². The fourth-order valence-electron chi connectivity index (χ4n) is 2.01. The van der Waals surface area contributed by atoms with Gasteiger partial charge in [-0.3, -0.25) is 9.48 Å². The Morgan fingerprint density at radius 2 is 2.19 bits per heavy atom. The Labute approximate surface area is 126 Å². The SMILES string of the molecule is O=C(CCn1cncn1)NCc1ccsc1-n1cccc1. The third kappa shape index (κ3) is 3.38. The van der Waals surface area contributed by atoms with Crippen molar-refractivity contribution in [1.82, 2.24) is 24.6 Å². The summed E-state index contributed by atoms with van der Waals surface area (Å²) < 4.78 is 3.71. The zero-order valence-corrected chi connectivity index (χ0v) is 12.2. The lowest BCUT2D eigenvalue weighted by Gasteiger charge is -2.07. The monoisotopic (exact) mass is 301 g/mol. The molecule has 3 heterocycles. The Bertz CT molecular complexity index is 687. The molecule has 3 rings (SSSR count). The summed E-state index contributed by atoms with van der Waals surface area (Å²) in [6.45, 7) is 1.08. The normalized spacial score (nSPS) is 10.7. The van der Waals surface area contributed by atoms with Gasteiger partial charge in [-0.2, -0.15) is 5.10 Å². The van der Waals surface area contributed by atoms with Crippen LogP contribution in [-0.2, 0) is 17.9 Å². The molecule has 1 N–H and O–H groups in total. The average molecular weight is 301 g/mol. The zero-order valence-electron chi connectivity index (χ0n) is 11.3. The average Bonchev–Trinajstić information content (AvgIpc) is 3.24. The molecule has 0 saturated carbocycles. The molecule has 0 bridgehead atoms. The molecule has 0 saturated heterocycles. The van der Waals surface area contributed by atoms with Crippen molar-refractivity contribution in [1.29, 1.82) is 0 Å². The molecule has 0 aliphatic rings. The molecular weight excluding hydrogens is 286 g/mol. The highest BCUT2D eigenvalue weighted by atomic mass is 32.1. The minimum atomic E-state index is 0.00940. The summed E-state index contributed by atoms with van der Waals surface area (Å²) in [6, 6.07) is 6.01. The van der Waals surface area contributed by atoms with Crippen LogP contribution in [0.2, 0.25) is 0 Å². The van der Waals surface area contributed by atoms with E-state index >= 15 is 0 Å². The summed E-state index contributed by atoms with van der Waals surface area (Å²) in [6.07, 6.45) is 7.47. The summed E-state index contributed by atoms with van der Waals surface area (Å²) in [5.74, 6) is 0.00940. The number of amides is 1. The maximum Gasteiger partial charge on any atom is 0.222 e. The summed E-state index contributed by atoms with van der Waals surface area (Å²) in [4.78, 5) is 15.7. The van der Waals surface area contributed by atoms with E-state index in [9.17, 15) is 4.79 Å². The Balaban J connectivity index is 1.53. The number of hydrogen-bond donors (Lipinski definition) is 1. The highest BCUT2D eigenvalue weighted by Gasteiger charge is 2.08. The van der Waals surface area contributed by atoms with E-state index in [1.165, 1.54) is 6.33 Å². The maximum absolute atomic E-state index is 11.9. The molecule has 21 heavy (non-hydrogen) atoms. The van der Waals surface area contributed by atoms with Crippen LogP contribution < -0.4 is 5.32 Å². The van der Waals surface area contributed by atoms with Crippen molar-refractivity contribution in [3.8, 4) is 5.00 Å². The van der Waals surface area contributed by atoms with Crippen LogP contribution >= 0.6 is 11.3 Å². The predicted molar refractivity (Wildman–Crippen MR) is 80.1 cm³/mol. The molecule has 0 aromatic carbocycles. The van der Waals surface area contributed by atoms with E-state index in [2.05, 4.69) is 20.0 Å². The molecule has 0 aliphatic heterocycles. The lowest BCUT2D eigenvalue weighted by Crippen LogP contribution is -2.24. The Morgan fingerprint density at radius 3 is 2.95 bits per heavy atom. The van der Waals surface area contributed by atoms with Gasteiger partial charge in [0.2, 0.25) is 5.91 Å². The van der Waals surface area contributed by atoms with Crippen LogP contribution in [0.25, 0.3) is 5.00 Å². The van der Waals surface area contributed by atoms with Crippen LogP contribution in [0, 0.1) is 0 Å². The number of rotatable bonds is 6. The minimum Gasteiger partial charge on any atom is -0.352 e. The van der Waals surface area contributed by atoms with Gasteiger partial charge in [0, 0.05) is 30.9 Å². The maximum atomic E-state index is 11.9.